The first-order valence-electron chi connectivity index (χ1n) is 20.7. The Hall–Kier alpha value is -7.08. The Morgan fingerprint density at radius 3 is 0.919 bits per heavy atom. The van der Waals surface area contributed by atoms with Gasteiger partial charge in [0.25, 0.3) is 0 Å². The number of aromatic hydroxyl groups is 4. The molecule has 0 fully saturated rings. The van der Waals surface area contributed by atoms with Crippen LogP contribution in [0.25, 0.3) is 24.3 Å². The molecule has 0 saturated carbocycles. The van der Waals surface area contributed by atoms with Gasteiger partial charge in [-0.05, 0) is 148 Å². The van der Waals surface area contributed by atoms with Crippen molar-refractivity contribution in [2.75, 3.05) is 39.3 Å². The van der Waals surface area contributed by atoms with E-state index >= 15 is 0 Å². The Bertz CT molecular complexity index is 2080. The maximum Gasteiger partial charge on any atom is 0.249 e. The molecule has 4 aromatic rings. The number of nitrogens with zero attached hydrogens (tertiary/aromatic N) is 2. The lowest BCUT2D eigenvalue weighted by molar-refractivity contribution is -0.128. The van der Waals surface area contributed by atoms with Gasteiger partial charge in [0.05, 0.1) is 0 Å². The van der Waals surface area contributed by atoms with Crippen LogP contribution in [0.1, 0.15) is 75.6 Å². The van der Waals surface area contributed by atoms with Crippen LogP contribution in [0.2, 0.25) is 0 Å². The van der Waals surface area contributed by atoms with Crippen LogP contribution < -0.4 is 10.6 Å². The summed E-state index contributed by atoms with van der Waals surface area (Å²) in [6.07, 6.45) is 9.16. The van der Waals surface area contributed by atoms with Crippen molar-refractivity contribution in [1.29, 1.82) is 0 Å². The standard InChI is InChI=1S/C50H58N4O8/c1-35(31-39-9-17-43(55)18-10-39)47(59)51-25-7-29-53(49(61)37(3)33-41-13-21-45(57)22-14-41)27-5-6-28-54(50(62)38(4)34-42-15-23-46(58)24-16-42)30-8-26-52-48(60)36(2)32-40-11-19-44(56)20-12-40/h9-24,31-34,55-58H,5-8,25-30H2,1-4H3,(H,51,59)(H,52,60)/b35-31+,36-32+,37-33+,38-34+. The highest BCUT2D eigenvalue weighted by molar-refractivity contribution is 5.99. The average Bonchev–Trinajstić information content (AvgIpc) is 3.26. The second-order valence-corrected chi connectivity index (χ2v) is 15.2. The highest BCUT2D eigenvalue weighted by Crippen LogP contribution is 2.18. The van der Waals surface area contributed by atoms with Crippen molar-refractivity contribution in [3.05, 3.63) is 142 Å². The molecule has 0 unspecified atom stereocenters. The number of nitrogens with one attached hydrogen (secondary N) is 2. The van der Waals surface area contributed by atoms with Gasteiger partial charge in [-0.1, -0.05) is 48.5 Å². The van der Waals surface area contributed by atoms with Crippen molar-refractivity contribution in [1.82, 2.24) is 20.4 Å². The Morgan fingerprint density at radius 1 is 0.403 bits per heavy atom. The lowest BCUT2D eigenvalue weighted by atomic mass is 10.1. The van der Waals surface area contributed by atoms with Crippen molar-refractivity contribution in [2.45, 2.75) is 53.4 Å². The van der Waals surface area contributed by atoms with E-state index in [4.69, 9.17) is 0 Å². The third-order valence-electron chi connectivity index (χ3n) is 9.96. The van der Waals surface area contributed by atoms with Crippen LogP contribution in [0, 0.1) is 0 Å². The molecule has 4 aromatic carbocycles. The topological polar surface area (TPSA) is 180 Å². The van der Waals surface area contributed by atoms with E-state index in [1.165, 1.54) is 0 Å². The summed E-state index contributed by atoms with van der Waals surface area (Å²) in [6, 6.07) is 26.2. The molecular formula is C50H58N4O8. The van der Waals surface area contributed by atoms with Crippen LogP contribution in [-0.2, 0) is 19.2 Å². The Kier molecular flexibility index (Phi) is 18.6. The maximum atomic E-state index is 13.8. The molecule has 6 N–H and O–H groups in total. The fourth-order valence-corrected chi connectivity index (χ4v) is 6.49. The third kappa shape index (κ3) is 16.2. The van der Waals surface area contributed by atoms with Crippen LogP contribution in [0.4, 0.5) is 0 Å². The minimum Gasteiger partial charge on any atom is -0.508 e. The van der Waals surface area contributed by atoms with Gasteiger partial charge in [-0.2, -0.15) is 0 Å². The molecule has 4 rings (SSSR count). The van der Waals surface area contributed by atoms with E-state index in [0.29, 0.717) is 87.2 Å². The van der Waals surface area contributed by atoms with Crippen molar-refractivity contribution >= 4 is 47.9 Å². The molecular weight excluding hydrogens is 785 g/mol. The van der Waals surface area contributed by atoms with E-state index in [0.717, 1.165) is 22.3 Å². The van der Waals surface area contributed by atoms with Gasteiger partial charge < -0.3 is 40.9 Å². The fraction of sp³-hybridized carbons (Fsp3) is 0.280. The number of hydrogen-bond donors (Lipinski definition) is 6. The lowest BCUT2D eigenvalue weighted by Crippen LogP contribution is -2.37. The van der Waals surface area contributed by atoms with E-state index in [1.54, 1.807) is 159 Å². The Labute approximate surface area is 364 Å². The molecule has 0 aliphatic carbocycles. The SMILES string of the molecule is C/C(=C\c1ccc(O)cc1)C(=O)NCCCN(CCCCN(CCCNC(=O)/C(C)=C/c1ccc(O)cc1)C(=O)/C(C)=C/c1ccc(O)cc1)C(=O)/C(C)=C/c1ccc(O)cc1. The number of rotatable bonds is 21. The van der Waals surface area contributed by atoms with Gasteiger partial charge in [-0.25, -0.2) is 0 Å². The second-order valence-electron chi connectivity index (χ2n) is 15.2. The van der Waals surface area contributed by atoms with Crippen LogP contribution in [0.15, 0.2) is 119 Å². The number of unbranched alkanes of at least 4 members (excludes halogenated alkanes) is 1. The first kappa shape index (κ1) is 47.6. The molecule has 0 aliphatic heterocycles. The van der Waals surface area contributed by atoms with Crippen molar-refractivity contribution in [3.63, 3.8) is 0 Å². The Balaban J connectivity index is 1.40. The van der Waals surface area contributed by atoms with Gasteiger partial charge in [0.2, 0.25) is 23.6 Å². The molecule has 326 valence electrons. The average molecular weight is 843 g/mol. The smallest absolute Gasteiger partial charge is 0.249 e. The summed E-state index contributed by atoms with van der Waals surface area (Å²) in [4.78, 5) is 56.9. The second kappa shape index (κ2) is 24.2. The van der Waals surface area contributed by atoms with Crippen LogP contribution in [-0.4, -0.2) is 93.1 Å². The molecule has 12 nitrogen and oxygen atoms in total. The molecule has 0 heterocycles. The first-order chi connectivity index (χ1) is 29.7. The molecule has 0 bridgehead atoms. The number of phenolic OH excluding ortho intramolecular Hbond substituents is 4. The van der Waals surface area contributed by atoms with Gasteiger partial charge in [0.1, 0.15) is 23.0 Å². The summed E-state index contributed by atoms with van der Waals surface area (Å²) in [7, 11) is 0. The van der Waals surface area contributed by atoms with Gasteiger partial charge in [0.15, 0.2) is 0 Å². The van der Waals surface area contributed by atoms with Gasteiger partial charge in [-0.3, -0.25) is 19.2 Å². The van der Waals surface area contributed by atoms with Gasteiger partial charge in [-0.15, -0.1) is 0 Å². The molecule has 0 aromatic heterocycles. The quantitative estimate of drug-likeness (QED) is 0.0365. The summed E-state index contributed by atoms with van der Waals surface area (Å²) in [6.45, 7) is 9.14. The largest absolute Gasteiger partial charge is 0.508 e. The molecule has 0 atom stereocenters. The highest BCUT2D eigenvalue weighted by Gasteiger charge is 2.19. The zero-order valence-electron chi connectivity index (χ0n) is 35.9. The molecule has 12 heteroatoms. The maximum absolute atomic E-state index is 13.8. The molecule has 0 saturated heterocycles. The van der Waals surface area contributed by atoms with E-state index in [1.807, 2.05) is 0 Å². The molecule has 0 spiro atoms. The minimum absolute atomic E-state index is 0.125. The lowest BCUT2D eigenvalue weighted by Gasteiger charge is -2.26. The predicted molar refractivity (Wildman–Crippen MR) is 245 cm³/mol. The van der Waals surface area contributed by atoms with Crippen LogP contribution >= 0.6 is 0 Å². The van der Waals surface area contributed by atoms with Crippen molar-refractivity contribution in [3.8, 4) is 23.0 Å². The van der Waals surface area contributed by atoms with Crippen molar-refractivity contribution in [2.24, 2.45) is 0 Å². The zero-order valence-corrected chi connectivity index (χ0v) is 35.9. The minimum atomic E-state index is -0.237. The summed E-state index contributed by atoms with van der Waals surface area (Å²) in [5.41, 5.74) is 5.12. The molecule has 0 aliphatic rings. The molecule has 0 radical (unpaired) electrons. The zero-order chi connectivity index (χ0) is 45.0. The predicted octanol–water partition coefficient (Wildman–Crippen LogP) is 7.67. The summed E-state index contributed by atoms with van der Waals surface area (Å²) >= 11 is 0. The van der Waals surface area contributed by atoms with Crippen LogP contribution in [0.5, 0.6) is 23.0 Å². The normalized spacial score (nSPS) is 12.1. The number of carbonyl (C=O) groups is 4. The summed E-state index contributed by atoms with van der Waals surface area (Å²) in [5.74, 6) is -0.277. The van der Waals surface area contributed by atoms with E-state index in [-0.39, 0.29) is 46.6 Å². The Morgan fingerprint density at radius 2 is 0.645 bits per heavy atom. The first-order valence-corrected chi connectivity index (χ1v) is 20.7. The number of amides is 4. The van der Waals surface area contributed by atoms with E-state index in [9.17, 15) is 39.6 Å². The summed E-state index contributed by atoms with van der Waals surface area (Å²) < 4.78 is 0. The van der Waals surface area contributed by atoms with Gasteiger partial charge >= 0.3 is 0 Å². The van der Waals surface area contributed by atoms with Crippen molar-refractivity contribution < 1.29 is 39.6 Å². The number of phenols is 4. The van der Waals surface area contributed by atoms with Gasteiger partial charge in [0, 0.05) is 61.6 Å². The fourth-order valence-electron chi connectivity index (χ4n) is 6.49. The number of hydrogen-bond acceptors (Lipinski definition) is 8. The van der Waals surface area contributed by atoms with E-state index in [2.05, 4.69) is 10.6 Å². The number of benzene rings is 4. The third-order valence-corrected chi connectivity index (χ3v) is 9.96. The molecule has 62 heavy (non-hydrogen) atoms. The van der Waals surface area contributed by atoms with Crippen LogP contribution in [0.3, 0.4) is 0 Å². The number of carbonyl (C=O) groups excluding carboxylic acids is 4. The molecule has 4 amide bonds. The van der Waals surface area contributed by atoms with E-state index < -0.39 is 0 Å². The summed E-state index contributed by atoms with van der Waals surface area (Å²) in [5, 5.41) is 44.4. The monoisotopic (exact) mass is 842 g/mol. The highest BCUT2D eigenvalue weighted by atomic mass is 16.3.